The van der Waals surface area contributed by atoms with Crippen LogP contribution in [0.25, 0.3) is 0 Å². The summed E-state index contributed by atoms with van der Waals surface area (Å²) >= 11 is 12.3. The van der Waals surface area contributed by atoms with Gasteiger partial charge in [0, 0.05) is 23.6 Å². The van der Waals surface area contributed by atoms with Crippen molar-refractivity contribution in [1.29, 1.82) is 0 Å². The number of nitrogens with zero attached hydrogens (tertiary/aromatic N) is 2. The van der Waals surface area contributed by atoms with Crippen molar-refractivity contribution in [3.63, 3.8) is 0 Å². The van der Waals surface area contributed by atoms with Gasteiger partial charge in [0.05, 0.1) is 5.69 Å². The van der Waals surface area contributed by atoms with E-state index in [0.29, 0.717) is 11.8 Å². The summed E-state index contributed by atoms with van der Waals surface area (Å²) in [5.74, 6) is 0.992. The molecular formula is C15H18Cl2N2. The summed E-state index contributed by atoms with van der Waals surface area (Å²) in [6.45, 7) is 2.01. The molecule has 2 rings (SSSR count). The smallest absolute Gasteiger partial charge is 0.0596 e. The Hall–Kier alpha value is -0.990. The van der Waals surface area contributed by atoms with Gasteiger partial charge in [-0.25, -0.2) is 0 Å². The summed E-state index contributed by atoms with van der Waals surface area (Å²) in [6.07, 6.45) is 1.82. The van der Waals surface area contributed by atoms with Crippen LogP contribution in [0, 0.1) is 12.8 Å². The second kappa shape index (κ2) is 6.44. The average molecular weight is 297 g/mol. The molecule has 0 fully saturated rings. The van der Waals surface area contributed by atoms with Crippen molar-refractivity contribution >= 4 is 23.2 Å². The number of rotatable bonds is 5. The molecule has 0 aliphatic carbocycles. The summed E-state index contributed by atoms with van der Waals surface area (Å²) in [5, 5.41) is 5.19. The summed E-state index contributed by atoms with van der Waals surface area (Å²) in [6, 6.07) is 10.1. The molecule has 1 aromatic heterocycles. The lowest BCUT2D eigenvalue weighted by Gasteiger charge is -2.15. The van der Waals surface area contributed by atoms with Gasteiger partial charge in [0.1, 0.15) is 0 Å². The van der Waals surface area contributed by atoms with Crippen LogP contribution in [0.1, 0.15) is 17.0 Å². The van der Waals surface area contributed by atoms with Gasteiger partial charge < -0.3 is 0 Å². The Morgan fingerprint density at radius 2 is 2.00 bits per heavy atom. The maximum absolute atomic E-state index is 6.20. The molecule has 0 radical (unpaired) electrons. The Bertz CT molecular complexity index is 549. The van der Waals surface area contributed by atoms with E-state index in [-0.39, 0.29) is 0 Å². The van der Waals surface area contributed by atoms with Gasteiger partial charge >= 0.3 is 0 Å². The first kappa shape index (κ1) is 14.4. The molecule has 2 nitrogen and oxygen atoms in total. The minimum absolute atomic E-state index is 0.372. The number of aryl methyl sites for hydroxylation is 2. The topological polar surface area (TPSA) is 17.8 Å². The fourth-order valence-corrected chi connectivity index (χ4v) is 2.74. The van der Waals surface area contributed by atoms with E-state index in [1.165, 1.54) is 5.69 Å². The van der Waals surface area contributed by atoms with Crippen molar-refractivity contribution in [2.75, 3.05) is 5.88 Å². The average Bonchev–Trinajstić information content (AvgIpc) is 2.69. The Labute approximate surface area is 124 Å². The number of benzene rings is 1. The van der Waals surface area contributed by atoms with Gasteiger partial charge in [-0.2, -0.15) is 5.10 Å². The molecule has 102 valence electrons. The van der Waals surface area contributed by atoms with Crippen LogP contribution in [0.15, 0.2) is 30.3 Å². The Balaban J connectivity index is 2.09. The van der Waals surface area contributed by atoms with E-state index in [9.17, 15) is 0 Å². The Kier molecular flexibility index (Phi) is 4.89. The molecule has 19 heavy (non-hydrogen) atoms. The fourth-order valence-electron chi connectivity index (χ4n) is 2.31. The lowest BCUT2D eigenvalue weighted by molar-refractivity contribution is 0.551. The lowest BCUT2D eigenvalue weighted by Crippen LogP contribution is -2.13. The lowest BCUT2D eigenvalue weighted by atomic mass is 9.96. The number of alkyl halides is 1. The molecule has 1 heterocycles. The first-order valence-electron chi connectivity index (χ1n) is 6.39. The highest BCUT2D eigenvalue weighted by Gasteiger charge is 2.14. The SMILES string of the molecule is Cc1cc(CC(CCl)Cc2ccccc2Cl)n(C)n1. The normalized spacial score (nSPS) is 12.6. The summed E-state index contributed by atoms with van der Waals surface area (Å²) < 4.78 is 1.93. The van der Waals surface area contributed by atoms with E-state index >= 15 is 0 Å². The first-order valence-corrected chi connectivity index (χ1v) is 7.30. The first-order chi connectivity index (χ1) is 9.10. The zero-order valence-corrected chi connectivity index (χ0v) is 12.7. The molecular weight excluding hydrogens is 279 g/mol. The standard InChI is InChI=1S/C15H18Cl2N2/c1-11-7-14(19(2)18-11)9-12(10-16)8-13-5-3-4-6-15(13)17/h3-7,12H,8-10H2,1-2H3. The van der Waals surface area contributed by atoms with Crippen molar-refractivity contribution in [3.05, 3.63) is 52.3 Å². The van der Waals surface area contributed by atoms with Gasteiger partial charge in [-0.1, -0.05) is 29.8 Å². The Morgan fingerprint density at radius 1 is 1.26 bits per heavy atom. The van der Waals surface area contributed by atoms with Crippen LogP contribution in [0.3, 0.4) is 0 Å². The van der Waals surface area contributed by atoms with Crippen LogP contribution < -0.4 is 0 Å². The maximum Gasteiger partial charge on any atom is 0.0596 e. The molecule has 0 aliphatic heterocycles. The fraction of sp³-hybridized carbons (Fsp3) is 0.400. The van der Waals surface area contributed by atoms with Crippen molar-refractivity contribution in [2.24, 2.45) is 13.0 Å². The predicted molar refractivity (Wildman–Crippen MR) is 81.0 cm³/mol. The van der Waals surface area contributed by atoms with E-state index in [2.05, 4.69) is 17.2 Å². The number of halogens is 2. The van der Waals surface area contributed by atoms with Crippen LogP contribution in [-0.2, 0) is 19.9 Å². The van der Waals surface area contributed by atoms with Gasteiger partial charge in [-0.15, -0.1) is 11.6 Å². The highest BCUT2D eigenvalue weighted by atomic mass is 35.5. The van der Waals surface area contributed by atoms with E-state index in [0.717, 1.165) is 29.1 Å². The molecule has 4 heteroatoms. The van der Waals surface area contributed by atoms with Crippen LogP contribution in [0.2, 0.25) is 5.02 Å². The molecule has 1 unspecified atom stereocenters. The molecule has 2 aromatic rings. The number of aromatic nitrogens is 2. The van der Waals surface area contributed by atoms with Gasteiger partial charge in [0.25, 0.3) is 0 Å². The second-order valence-corrected chi connectivity index (χ2v) is 5.64. The van der Waals surface area contributed by atoms with E-state index in [1.54, 1.807) is 0 Å². The van der Waals surface area contributed by atoms with Crippen molar-refractivity contribution in [2.45, 2.75) is 19.8 Å². The molecule has 0 spiro atoms. The second-order valence-electron chi connectivity index (χ2n) is 4.92. The Morgan fingerprint density at radius 3 is 2.58 bits per heavy atom. The van der Waals surface area contributed by atoms with Gasteiger partial charge in [0.15, 0.2) is 0 Å². The van der Waals surface area contributed by atoms with E-state index in [1.807, 2.05) is 36.9 Å². The summed E-state index contributed by atoms with van der Waals surface area (Å²) in [5.41, 5.74) is 3.42. The minimum atomic E-state index is 0.372. The number of hydrogen-bond donors (Lipinski definition) is 0. The zero-order chi connectivity index (χ0) is 13.8. The zero-order valence-electron chi connectivity index (χ0n) is 11.2. The molecule has 0 bridgehead atoms. The van der Waals surface area contributed by atoms with Crippen LogP contribution in [0.4, 0.5) is 0 Å². The monoisotopic (exact) mass is 296 g/mol. The van der Waals surface area contributed by atoms with Gasteiger partial charge in [-0.3, -0.25) is 4.68 Å². The molecule has 0 N–H and O–H groups in total. The molecule has 0 saturated carbocycles. The predicted octanol–water partition coefficient (Wildman–Crippen LogP) is 4.02. The largest absolute Gasteiger partial charge is 0.272 e. The molecule has 0 saturated heterocycles. The minimum Gasteiger partial charge on any atom is -0.272 e. The van der Waals surface area contributed by atoms with E-state index in [4.69, 9.17) is 23.2 Å². The van der Waals surface area contributed by atoms with Crippen LogP contribution >= 0.6 is 23.2 Å². The third-order valence-electron chi connectivity index (χ3n) is 3.28. The van der Waals surface area contributed by atoms with Crippen molar-refractivity contribution in [1.82, 2.24) is 9.78 Å². The molecule has 0 amide bonds. The van der Waals surface area contributed by atoms with Gasteiger partial charge in [-0.05, 0) is 43.4 Å². The third-order valence-corrected chi connectivity index (χ3v) is 4.09. The van der Waals surface area contributed by atoms with Crippen LogP contribution in [0.5, 0.6) is 0 Å². The number of hydrogen-bond acceptors (Lipinski definition) is 1. The van der Waals surface area contributed by atoms with Crippen LogP contribution in [-0.4, -0.2) is 15.7 Å². The highest BCUT2D eigenvalue weighted by Crippen LogP contribution is 2.22. The third kappa shape index (κ3) is 3.74. The van der Waals surface area contributed by atoms with E-state index < -0.39 is 0 Å². The molecule has 0 aliphatic rings. The molecule has 1 atom stereocenters. The van der Waals surface area contributed by atoms with Crippen molar-refractivity contribution < 1.29 is 0 Å². The quantitative estimate of drug-likeness (QED) is 0.762. The highest BCUT2D eigenvalue weighted by molar-refractivity contribution is 6.31. The summed E-state index contributed by atoms with van der Waals surface area (Å²) in [7, 11) is 1.98. The molecule has 1 aromatic carbocycles. The van der Waals surface area contributed by atoms with Crippen molar-refractivity contribution in [3.8, 4) is 0 Å². The maximum atomic E-state index is 6.20. The van der Waals surface area contributed by atoms with Gasteiger partial charge in [0.2, 0.25) is 0 Å². The summed E-state index contributed by atoms with van der Waals surface area (Å²) in [4.78, 5) is 0.